The fraction of sp³-hybridized carbons (Fsp3) is 0.357. The van der Waals surface area contributed by atoms with Crippen molar-refractivity contribution < 1.29 is 8.42 Å². The zero-order chi connectivity index (χ0) is 14.3. The molecule has 20 heavy (non-hydrogen) atoms. The average molecular weight is 291 g/mol. The lowest BCUT2D eigenvalue weighted by Gasteiger charge is -2.19. The van der Waals surface area contributed by atoms with Gasteiger partial charge in [-0.1, -0.05) is 6.07 Å². The molecule has 0 bridgehead atoms. The summed E-state index contributed by atoms with van der Waals surface area (Å²) >= 11 is 0. The number of nitrogens with one attached hydrogen (secondary N) is 1. The molecule has 5 nitrogen and oxygen atoms in total. The van der Waals surface area contributed by atoms with Crippen molar-refractivity contribution in [2.75, 3.05) is 17.7 Å². The molecule has 0 saturated heterocycles. The van der Waals surface area contributed by atoms with Crippen LogP contribution in [0.2, 0.25) is 0 Å². The fourth-order valence-electron chi connectivity index (χ4n) is 2.55. The van der Waals surface area contributed by atoms with E-state index in [9.17, 15) is 8.42 Å². The molecule has 0 unspecified atom stereocenters. The molecule has 0 amide bonds. The molecule has 0 radical (unpaired) electrons. The van der Waals surface area contributed by atoms with Crippen LogP contribution in [0.3, 0.4) is 0 Å². The molecular weight excluding hydrogens is 274 g/mol. The topological polar surface area (TPSA) is 66.1 Å². The number of aromatic nitrogens is 2. The third kappa shape index (κ3) is 2.31. The number of rotatable bonds is 3. The van der Waals surface area contributed by atoms with E-state index in [1.54, 1.807) is 18.5 Å². The molecule has 2 aromatic rings. The summed E-state index contributed by atoms with van der Waals surface area (Å²) in [6.45, 7) is 3.59. The highest BCUT2D eigenvalue weighted by Crippen LogP contribution is 2.31. The number of sulfone groups is 1. The number of aromatic amines is 1. The van der Waals surface area contributed by atoms with Gasteiger partial charge in [-0.25, -0.2) is 13.4 Å². The van der Waals surface area contributed by atoms with Crippen molar-refractivity contribution in [2.24, 2.45) is 0 Å². The Bertz CT molecular complexity index is 750. The van der Waals surface area contributed by atoms with Gasteiger partial charge in [-0.05, 0) is 31.0 Å². The minimum absolute atomic E-state index is 0.377. The van der Waals surface area contributed by atoms with Crippen LogP contribution >= 0.6 is 0 Å². The fourth-order valence-corrected chi connectivity index (χ4v) is 3.19. The Hall–Kier alpha value is -1.82. The van der Waals surface area contributed by atoms with Gasteiger partial charge in [0.1, 0.15) is 0 Å². The van der Waals surface area contributed by atoms with Crippen LogP contribution in [-0.2, 0) is 22.8 Å². The van der Waals surface area contributed by atoms with Crippen LogP contribution in [0.1, 0.15) is 17.0 Å². The van der Waals surface area contributed by atoms with Gasteiger partial charge in [0.25, 0.3) is 0 Å². The lowest BCUT2D eigenvalue weighted by Crippen LogP contribution is -2.20. The van der Waals surface area contributed by atoms with Crippen LogP contribution in [0.5, 0.6) is 0 Å². The second-order valence-electron chi connectivity index (χ2n) is 5.21. The number of anilines is 1. The predicted octanol–water partition coefficient (Wildman–Crippen LogP) is 1.68. The molecule has 1 aromatic carbocycles. The van der Waals surface area contributed by atoms with Gasteiger partial charge in [-0.2, -0.15) is 0 Å². The highest BCUT2D eigenvalue weighted by Gasteiger charge is 2.22. The van der Waals surface area contributed by atoms with E-state index in [0.29, 0.717) is 11.4 Å². The maximum atomic E-state index is 11.7. The molecule has 0 fully saturated rings. The van der Waals surface area contributed by atoms with Crippen LogP contribution < -0.4 is 4.90 Å². The molecule has 1 aromatic heterocycles. The highest BCUT2D eigenvalue weighted by atomic mass is 32.2. The Labute approximate surface area is 118 Å². The number of benzene rings is 1. The maximum Gasteiger partial charge on any atom is 0.175 e. The lowest BCUT2D eigenvalue weighted by molar-refractivity contribution is 0.602. The molecule has 6 heteroatoms. The smallest absolute Gasteiger partial charge is 0.175 e. The largest absolute Gasteiger partial charge is 0.365 e. The van der Waals surface area contributed by atoms with Gasteiger partial charge in [0.05, 0.1) is 23.5 Å². The second-order valence-corrected chi connectivity index (χ2v) is 7.22. The lowest BCUT2D eigenvalue weighted by atomic mass is 10.2. The molecule has 1 aliphatic heterocycles. The van der Waals surface area contributed by atoms with Gasteiger partial charge >= 0.3 is 0 Å². The first kappa shape index (κ1) is 13.2. The summed E-state index contributed by atoms with van der Waals surface area (Å²) in [6, 6.07) is 5.39. The van der Waals surface area contributed by atoms with Crippen molar-refractivity contribution in [1.29, 1.82) is 0 Å². The molecular formula is C14H17N3O2S. The number of H-pyrrole nitrogens is 1. The highest BCUT2D eigenvalue weighted by molar-refractivity contribution is 7.90. The van der Waals surface area contributed by atoms with Gasteiger partial charge in [-0.15, -0.1) is 0 Å². The second kappa shape index (κ2) is 4.63. The van der Waals surface area contributed by atoms with Crippen molar-refractivity contribution in [2.45, 2.75) is 24.8 Å². The Morgan fingerprint density at radius 2 is 2.20 bits per heavy atom. The van der Waals surface area contributed by atoms with E-state index in [1.807, 2.05) is 13.0 Å². The van der Waals surface area contributed by atoms with E-state index in [0.717, 1.165) is 30.0 Å². The van der Waals surface area contributed by atoms with E-state index in [4.69, 9.17) is 0 Å². The Kier molecular flexibility index (Phi) is 3.05. The number of imidazole rings is 1. The molecule has 0 saturated carbocycles. The Morgan fingerprint density at radius 1 is 1.40 bits per heavy atom. The number of aryl methyl sites for hydroxylation is 1. The minimum atomic E-state index is -3.17. The zero-order valence-corrected chi connectivity index (χ0v) is 12.4. The molecule has 106 valence electrons. The first-order valence-electron chi connectivity index (χ1n) is 6.52. The quantitative estimate of drug-likeness (QED) is 0.934. The van der Waals surface area contributed by atoms with Crippen molar-refractivity contribution in [3.8, 4) is 0 Å². The van der Waals surface area contributed by atoms with Crippen molar-refractivity contribution in [3.63, 3.8) is 0 Å². The first-order chi connectivity index (χ1) is 9.45. The number of nitrogens with zero attached hydrogens (tertiary/aromatic N) is 2. The predicted molar refractivity (Wildman–Crippen MR) is 77.6 cm³/mol. The molecule has 1 N–H and O–H groups in total. The van der Waals surface area contributed by atoms with Crippen LogP contribution in [0.4, 0.5) is 5.69 Å². The molecule has 0 atom stereocenters. The van der Waals surface area contributed by atoms with Gasteiger partial charge in [0.15, 0.2) is 9.84 Å². The number of hydrogen-bond donors (Lipinski definition) is 1. The summed E-state index contributed by atoms with van der Waals surface area (Å²) in [5.74, 6) is 0. The Morgan fingerprint density at radius 3 is 2.85 bits per heavy atom. The third-order valence-electron chi connectivity index (χ3n) is 3.75. The summed E-state index contributed by atoms with van der Waals surface area (Å²) in [5.41, 5.74) is 4.27. The number of hydrogen-bond acceptors (Lipinski definition) is 4. The van der Waals surface area contributed by atoms with Crippen molar-refractivity contribution >= 4 is 15.5 Å². The molecule has 0 spiro atoms. The summed E-state index contributed by atoms with van der Waals surface area (Å²) in [7, 11) is -3.17. The van der Waals surface area contributed by atoms with E-state index in [2.05, 4.69) is 14.9 Å². The van der Waals surface area contributed by atoms with Gasteiger partial charge < -0.3 is 9.88 Å². The minimum Gasteiger partial charge on any atom is -0.365 e. The van der Waals surface area contributed by atoms with E-state index < -0.39 is 9.84 Å². The molecule has 3 rings (SSSR count). The number of fused-ring (bicyclic) bond motifs is 1. The summed E-state index contributed by atoms with van der Waals surface area (Å²) in [4.78, 5) is 9.94. The van der Waals surface area contributed by atoms with E-state index >= 15 is 0 Å². The van der Waals surface area contributed by atoms with Gasteiger partial charge in [0, 0.05) is 24.2 Å². The molecule has 1 aliphatic rings. The van der Waals surface area contributed by atoms with Crippen LogP contribution in [-0.4, -0.2) is 31.2 Å². The van der Waals surface area contributed by atoms with Crippen LogP contribution in [0.25, 0.3) is 0 Å². The van der Waals surface area contributed by atoms with Gasteiger partial charge in [0.2, 0.25) is 0 Å². The SMILES string of the molecule is Cc1[nH]cnc1CN1CCc2ccc(S(C)(=O)=O)cc21. The third-order valence-corrected chi connectivity index (χ3v) is 4.86. The molecule has 0 aliphatic carbocycles. The zero-order valence-electron chi connectivity index (χ0n) is 11.5. The van der Waals surface area contributed by atoms with Gasteiger partial charge in [-0.3, -0.25) is 0 Å². The van der Waals surface area contributed by atoms with Crippen molar-refractivity contribution in [3.05, 3.63) is 41.5 Å². The van der Waals surface area contributed by atoms with Crippen LogP contribution in [0, 0.1) is 6.92 Å². The summed E-state index contributed by atoms with van der Waals surface area (Å²) < 4.78 is 23.3. The van der Waals surface area contributed by atoms with Crippen LogP contribution in [0.15, 0.2) is 29.4 Å². The van der Waals surface area contributed by atoms with E-state index in [1.165, 1.54) is 11.8 Å². The van der Waals surface area contributed by atoms with Crippen molar-refractivity contribution in [1.82, 2.24) is 9.97 Å². The standard InChI is InChI=1S/C14H17N3O2S/c1-10-13(16-9-15-10)8-17-6-5-11-3-4-12(7-14(11)17)20(2,18)19/h3-4,7,9H,5-6,8H2,1-2H3,(H,15,16). The monoisotopic (exact) mass is 291 g/mol. The summed E-state index contributed by atoms with van der Waals surface area (Å²) in [5, 5.41) is 0. The Balaban J connectivity index is 1.95. The summed E-state index contributed by atoms with van der Waals surface area (Å²) in [6.07, 6.45) is 3.88. The maximum absolute atomic E-state index is 11.7. The average Bonchev–Trinajstić information content (AvgIpc) is 2.96. The van der Waals surface area contributed by atoms with E-state index in [-0.39, 0.29) is 0 Å². The normalized spacial score (nSPS) is 14.6. The molecule has 2 heterocycles. The first-order valence-corrected chi connectivity index (χ1v) is 8.41.